The topological polar surface area (TPSA) is 48.7 Å². The van der Waals surface area contributed by atoms with Gasteiger partial charge in [-0.2, -0.15) is 18.4 Å². The van der Waals surface area contributed by atoms with Crippen molar-refractivity contribution in [3.8, 4) is 6.07 Å². The fraction of sp³-hybridized carbons (Fsp3) is 0.143. The Hall–Kier alpha value is -2.26. The first-order chi connectivity index (χ1) is 9.91. The quantitative estimate of drug-likeness (QED) is 0.922. The molecule has 0 saturated carbocycles. The molecule has 0 aliphatic rings. The minimum Gasteiger partial charge on any atom is -0.380 e. The fourth-order valence-corrected chi connectivity index (χ4v) is 1.95. The van der Waals surface area contributed by atoms with Gasteiger partial charge in [-0.15, -0.1) is 0 Å². The molecule has 21 heavy (non-hydrogen) atoms. The van der Waals surface area contributed by atoms with Crippen molar-refractivity contribution in [2.75, 3.05) is 5.32 Å². The van der Waals surface area contributed by atoms with E-state index in [1.165, 1.54) is 18.3 Å². The predicted octanol–water partition coefficient (Wildman–Crippen LogP) is 4.24. The summed E-state index contributed by atoms with van der Waals surface area (Å²) in [5.74, 6) is 0. The number of halogens is 4. The standard InChI is InChI=1S/C14H9ClF3N3/c15-10-3-4-12(11(6-10)14(16,17)18)21-8-9-2-1-5-20-13(9)7-19/h1-6,21H,8H2. The summed E-state index contributed by atoms with van der Waals surface area (Å²) >= 11 is 5.61. The van der Waals surface area contributed by atoms with E-state index in [-0.39, 0.29) is 22.9 Å². The van der Waals surface area contributed by atoms with Gasteiger partial charge in [0.25, 0.3) is 0 Å². The highest BCUT2D eigenvalue weighted by Gasteiger charge is 2.33. The molecule has 0 saturated heterocycles. The Bertz CT molecular complexity index is 693. The summed E-state index contributed by atoms with van der Waals surface area (Å²) in [6, 6.07) is 8.62. The van der Waals surface area contributed by atoms with Crippen LogP contribution in [-0.2, 0) is 12.7 Å². The van der Waals surface area contributed by atoms with Crippen LogP contribution < -0.4 is 5.32 Å². The third kappa shape index (κ3) is 3.64. The predicted molar refractivity (Wildman–Crippen MR) is 72.7 cm³/mol. The maximum absolute atomic E-state index is 12.9. The lowest BCUT2D eigenvalue weighted by atomic mass is 10.1. The van der Waals surface area contributed by atoms with E-state index in [1.807, 2.05) is 6.07 Å². The van der Waals surface area contributed by atoms with E-state index in [0.717, 1.165) is 6.07 Å². The average Bonchev–Trinajstić information content (AvgIpc) is 2.45. The first-order valence-corrected chi connectivity index (χ1v) is 6.24. The largest absolute Gasteiger partial charge is 0.418 e. The number of nitriles is 1. The third-order valence-electron chi connectivity index (χ3n) is 2.75. The Labute approximate surface area is 124 Å². The zero-order valence-electron chi connectivity index (χ0n) is 10.6. The van der Waals surface area contributed by atoms with E-state index in [9.17, 15) is 13.2 Å². The van der Waals surface area contributed by atoms with Crippen molar-refractivity contribution in [1.29, 1.82) is 5.26 Å². The Balaban J connectivity index is 2.27. The molecule has 1 N–H and O–H groups in total. The van der Waals surface area contributed by atoms with Crippen LogP contribution in [0.25, 0.3) is 0 Å². The average molecular weight is 312 g/mol. The molecular weight excluding hydrogens is 303 g/mol. The Morgan fingerprint density at radius 1 is 1.29 bits per heavy atom. The molecule has 1 heterocycles. The summed E-state index contributed by atoms with van der Waals surface area (Å²) in [7, 11) is 0. The van der Waals surface area contributed by atoms with Gasteiger partial charge in [0.05, 0.1) is 5.56 Å². The molecule has 2 aromatic rings. The number of nitrogens with zero attached hydrogens (tertiary/aromatic N) is 2. The van der Waals surface area contributed by atoms with Gasteiger partial charge in [0.1, 0.15) is 11.8 Å². The lowest BCUT2D eigenvalue weighted by Crippen LogP contribution is -2.11. The molecule has 1 aromatic carbocycles. The monoisotopic (exact) mass is 311 g/mol. The van der Waals surface area contributed by atoms with Crippen molar-refractivity contribution in [2.24, 2.45) is 0 Å². The Morgan fingerprint density at radius 3 is 2.71 bits per heavy atom. The molecule has 2 rings (SSSR count). The number of hydrogen-bond acceptors (Lipinski definition) is 3. The van der Waals surface area contributed by atoms with Crippen LogP contribution >= 0.6 is 11.6 Å². The van der Waals surface area contributed by atoms with Crippen LogP contribution in [0.3, 0.4) is 0 Å². The SMILES string of the molecule is N#Cc1ncccc1CNc1ccc(Cl)cc1C(F)(F)F. The molecule has 0 fully saturated rings. The van der Waals surface area contributed by atoms with Crippen LogP contribution in [0.5, 0.6) is 0 Å². The van der Waals surface area contributed by atoms with Gasteiger partial charge in [0.15, 0.2) is 0 Å². The van der Waals surface area contributed by atoms with Gasteiger partial charge in [-0.05, 0) is 24.3 Å². The maximum Gasteiger partial charge on any atom is 0.418 e. The summed E-state index contributed by atoms with van der Waals surface area (Å²) in [6.45, 7) is 0.0570. The molecule has 0 radical (unpaired) electrons. The molecule has 7 heteroatoms. The maximum atomic E-state index is 12.9. The van der Waals surface area contributed by atoms with Crippen molar-refractivity contribution in [2.45, 2.75) is 12.7 Å². The van der Waals surface area contributed by atoms with E-state index in [4.69, 9.17) is 16.9 Å². The number of alkyl halides is 3. The van der Waals surface area contributed by atoms with E-state index >= 15 is 0 Å². The number of hydrogen-bond donors (Lipinski definition) is 1. The van der Waals surface area contributed by atoms with Gasteiger partial charge < -0.3 is 5.32 Å². The van der Waals surface area contributed by atoms with Crippen molar-refractivity contribution in [3.05, 3.63) is 58.4 Å². The van der Waals surface area contributed by atoms with Crippen molar-refractivity contribution in [3.63, 3.8) is 0 Å². The minimum absolute atomic E-state index is 0.00645. The van der Waals surface area contributed by atoms with E-state index < -0.39 is 11.7 Å². The van der Waals surface area contributed by atoms with Gasteiger partial charge in [-0.1, -0.05) is 17.7 Å². The number of aromatic nitrogens is 1. The lowest BCUT2D eigenvalue weighted by Gasteiger charge is -2.15. The second-order valence-electron chi connectivity index (χ2n) is 4.16. The van der Waals surface area contributed by atoms with E-state index in [2.05, 4.69) is 10.3 Å². The second kappa shape index (κ2) is 6.02. The summed E-state index contributed by atoms with van der Waals surface area (Å²) in [6.07, 6.45) is -3.06. The zero-order chi connectivity index (χ0) is 15.5. The summed E-state index contributed by atoms with van der Waals surface area (Å²) in [4.78, 5) is 3.85. The first kappa shape index (κ1) is 15.1. The highest BCUT2D eigenvalue weighted by molar-refractivity contribution is 6.30. The van der Waals surface area contributed by atoms with Crippen molar-refractivity contribution >= 4 is 17.3 Å². The van der Waals surface area contributed by atoms with Crippen molar-refractivity contribution < 1.29 is 13.2 Å². The van der Waals surface area contributed by atoms with Gasteiger partial charge in [0.2, 0.25) is 0 Å². The highest BCUT2D eigenvalue weighted by atomic mass is 35.5. The fourth-order valence-electron chi connectivity index (χ4n) is 1.78. The molecule has 0 unspecified atom stereocenters. The van der Waals surface area contributed by atoms with Crippen LogP contribution in [-0.4, -0.2) is 4.98 Å². The highest BCUT2D eigenvalue weighted by Crippen LogP contribution is 2.36. The molecule has 0 aliphatic carbocycles. The molecule has 0 amide bonds. The van der Waals surface area contributed by atoms with Crippen LogP contribution in [0, 0.1) is 11.3 Å². The third-order valence-corrected chi connectivity index (χ3v) is 2.99. The van der Waals surface area contributed by atoms with Crippen molar-refractivity contribution in [1.82, 2.24) is 4.98 Å². The number of anilines is 1. The second-order valence-corrected chi connectivity index (χ2v) is 4.60. The summed E-state index contributed by atoms with van der Waals surface area (Å²) in [5, 5.41) is 11.6. The Kier molecular flexibility index (Phi) is 4.34. The van der Waals surface area contributed by atoms with Crippen LogP contribution in [0.2, 0.25) is 5.02 Å². The summed E-state index contributed by atoms with van der Waals surface area (Å²) in [5.41, 5.74) is -0.257. The van der Waals surface area contributed by atoms with Crippen LogP contribution in [0.4, 0.5) is 18.9 Å². The number of pyridine rings is 1. The smallest absolute Gasteiger partial charge is 0.380 e. The number of benzene rings is 1. The van der Waals surface area contributed by atoms with Gasteiger partial charge in [-0.25, -0.2) is 4.98 Å². The molecule has 0 spiro atoms. The molecule has 0 aliphatic heterocycles. The minimum atomic E-state index is -4.51. The van der Waals surface area contributed by atoms with Gasteiger partial charge >= 0.3 is 6.18 Å². The zero-order valence-corrected chi connectivity index (χ0v) is 11.3. The van der Waals surface area contributed by atoms with E-state index in [0.29, 0.717) is 5.56 Å². The van der Waals surface area contributed by atoms with Crippen LogP contribution in [0.15, 0.2) is 36.5 Å². The van der Waals surface area contributed by atoms with Gasteiger partial charge in [0, 0.05) is 29.0 Å². The molecule has 108 valence electrons. The molecule has 0 atom stereocenters. The molecule has 1 aromatic heterocycles. The lowest BCUT2D eigenvalue weighted by molar-refractivity contribution is -0.136. The van der Waals surface area contributed by atoms with Crippen LogP contribution in [0.1, 0.15) is 16.8 Å². The first-order valence-electron chi connectivity index (χ1n) is 5.86. The summed E-state index contributed by atoms with van der Waals surface area (Å²) < 4.78 is 38.8. The van der Waals surface area contributed by atoms with Gasteiger partial charge in [-0.3, -0.25) is 0 Å². The van der Waals surface area contributed by atoms with E-state index in [1.54, 1.807) is 12.1 Å². The number of rotatable bonds is 3. The molecule has 3 nitrogen and oxygen atoms in total. The number of nitrogens with one attached hydrogen (secondary N) is 1. The normalized spacial score (nSPS) is 11.0. The molecular formula is C14H9ClF3N3. The Morgan fingerprint density at radius 2 is 2.05 bits per heavy atom. The molecule has 0 bridgehead atoms.